The summed E-state index contributed by atoms with van der Waals surface area (Å²) in [6, 6.07) is 6.88. The van der Waals surface area contributed by atoms with Crippen molar-refractivity contribution >= 4 is 8.07 Å². The van der Waals surface area contributed by atoms with Gasteiger partial charge in [-0.2, -0.15) is 13.2 Å². The summed E-state index contributed by atoms with van der Waals surface area (Å²) in [6.45, 7) is 13.1. The number of hydrogen-bond acceptors (Lipinski definition) is 5. The van der Waals surface area contributed by atoms with Crippen LogP contribution < -0.4 is 4.74 Å². The molecular formula is C25H32F4N4O2Si. The molecule has 0 aliphatic heterocycles. The van der Waals surface area contributed by atoms with Crippen molar-refractivity contribution in [3.8, 4) is 28.4 Å². The van der Waals surface area contributed by atoms with E-state index in [0.717, 1.165) is 16.3 Å². The van der Waals surface area contributed by atoms with Crippen molar-refractivity contribution in [3.05, 3.63) is 47.7 Å². The van der Waals surface area contributed by atoms with Gasteiger partial charge in [0.1, 0.15) is 12.5 Å². The maximum Gasteiger partial charge on any atom is 0.453 e. The van der Waals surface area contributed by atoms with E-state index in [9.17, 15) is 13.2 Å². The van der Waals surface area contributed by atoms with Crippen LogP contribution in [0, 0.1) is 18.7 Å². The van der Waals surface area contributed by atoms with Crippen molar-refractivity contribution in [1.29, 1.82) is 0 Å². The van der Waals surface area contributed by atoms with Gasteiger partial charge in [-0.1, -0.05) is 39.6 Å². The summed E-state index contributed by atoms with van der Waals surface area (Å²) in [5.74, 6) is -1.49. The van der Waals surface area contributed by atoms with Crippen LogP contribution >= 0.6 is 0 Å². The van der Waals surface area contributed by atoms with Crippen LogP contribution in [0.25, 0.3) is 22.5 Å². The van der Waals surface area contributed by atoms with E-state index in [1.807, 2.05) is 20.8 Å². The average molecular weight is 525 g/mol. The highest BCUT2D eigenvalue weighted by atomic mass is 28.3. The number of nitrogens with zero attached hydrogens (tertiary/aromatic N) is 4. The summed E-state index contributed by atoms with van der Waals surface area (Å²) < 4.78 is 67.3. The molecule has 196 valence electrons. The molecule has 36 heavy (non-hydrogen) atoms. The Bertz CT molecular complexity index is 1190. The normalized spacial score (nSPS) is 12.4. The molecular weight excluding hydrogens is 492 g/mol. The highest BCUT2D eigenvalue weighted by Gasteiger charge is 2.37. The maximum absolute atomic E-state index is 15.2. The Morgan fingerprint density at radius 3 is 2.39 bits per heavy atom. The number of benzene rings is 1. The molecule has 3 aromatic rings. The topological polar surface area (TPSA) is 62.1 Å². The van der Waals surface area contributed by atoms with E-state index in [4.69, 9.17) is 9.47 Å². The molecule has 3 rings (SSSR count). The molecule has 0 spiro atoms. The van der Waals surface area contributed by atoms with Gasteiger partial charge in [0.15, 0.2) is 5.82 Å². The van der Waals surface area contributed by atoms with Crippen molar-refractivity contribution in [3.63, 3.8) is 0 Å². The van der Waals surface area contributed by atoms with E-state index >= 15 is 4.39 Å². The highest BCUT2D eigenvalue weighted by Crippen LogP contribution is 2.32. The van der Waals surface area contributed by atoms with Gasteiger partial charge in [0.2, 0.25) is 5.88 Å². The van der Waals surface area contributed by atoms with Crippen LogP contribution in [-0.2, 0) is 17.6 Å². The quantitative estimate of drug-likeness (QED) is 0.165. The van der Waals surface area contributed by atoms with Gasteiger partial charge in [-0.05, 0) is 42.1 Å². The SMILES string of the molecule is Cc1cc(OCC(C)C)ncc1-c1ccc(-c2nc(C(F)(F)F)nn2COCC[Si](C)(C)C)c(F)c1. The predicted molar refractivity (Wildman–Crippen MR) is 133 cm³/mol. The minimum absolute atomic E-state index is 0.0990. The smallest absolute Gasteiger partial charge is 0.453 e. The number of halogens is 4. The molecule has 1 aromatic carbocycles. The minimum atomic E-state index is -4.77. The fourth-order valence-electron chi connectivity index (χ4n) is 3.31. The molecule has 0 saturated heterocycles. The Labute approximate surface area is 209 Å². The minimum Gasteiger partial charge on any atom is -0.477 e. The Hall–Kier alpha value is -2.79. The van der Waals surface area contributed by atoms with E-state index in [0.29, 0.717) is 36.1 Å². The van der Waals surface area contributed by atoms with Crippen molar-refractivity contribution in [2.24, 2.45) is 5.92 Å². The lowest BCUT2D eigenvalue weighted by molar-refractivity contribution is -0.145. The van der Waals surface area contributed by atoms with E-state index in [-0.39, 0.29) is 18.1 Å². The number of alkyl halides is 3. The molecule has 11 heteroatoms. The summed E-state index contributed by atoms with van der Waals surface area (Å²) in [5.41, 5.74) is 1.95. The molecule has 0 bridgehead atoms. The van der Waals surface area contributed by atoms with Crippen molar-refractivity contribution in [1.82, 2.24) is 19.7 Å². The molecule has 0 atom stereocenters. The van der Waals surface area contributed by atoms with Gasteiger partial charge in [-0.15, -0.1) is 5.10 Å². The Morgan fingerprint density at radius 1 is 1.08 bits per heavy atom. The number of hydrogen-bond donors (Lipinski definition) is 0. The molecule has 0 fully saturated rings. The van der Waals surface area contributed by atoms with Crippen LogP contribution in [0.3, 0.4) is 0 Å². The summed E-state index contributed by atoms with van der Waals surface area (Å²) >= 11 is 0. The van der Waals surface area contributed by atoms with E-state index in [2.05, 4.69) is 34.7 Å². The Balaban J connectivity index is 1.88. The number of pyridine rings is 1. The summed E-state index contributed by atoms with van der Waals surface area (Å²) in [5, 5.41) is 3.54. The summed E-state index contributed by atoms with van der Waals surface area (Å²) in [4.78, 5) is 7.88. The zero-order valence-corrected chi connectivity index (χ0v) is 22.4. The third-order valence-corrected chi connectivity index (χ3v) is 7.01. The number of ether oxygens (including phenoxy) is 2. The molecule has 6 nitrogen and oxygen atoms in total. The van der Waals surface area contributed by atoms with Crippen LogP contribution in [0.1, 0.15) is 25.2 Å². The summed E-state index contributed by atoms with van der Waals surface area (Å²) in [6.07, 6.45) is -3.17. The molecule has 0 amide bonds. The first-order valence-electron chi connectivity index (χ1n) is 11.7. The van der Waals surface area contributed by atoms with Crippen LogP contribution in [0.15, 0.2) is 30.5 Å². The average Bonchev–Trinajstić information content (AvgIpc) is 3.19. The first-order valence-corrected chi connectivity index (χ1v) is 15.4. The fraction of sp³-hybridized carbons (Fsp3) is 0.480. The third kappa shape index (κ3) is 7.36. The van der Waals surface area contributed by atoms with Gasteiger partial charge in [0, 0.05) is 32.5 Å². The molecule has 0 aliphatic carbocycles. The van der Waals surface area contributed by atoms with Gasteiger partial charge in [0.25, 0.3) is 5.82 Å². The second kappa shape index (κ2) is 11.1. The second-order valence-electron chi connectivity index (χ2n) is 10.3. The Kier molecular flexibility index (Phi) is 8.55. The van der Waals surface area contributed by atoms with E-state index in [1.165, 1.54) is 12.1 Å². The van der Waals surface area contributed by atoms with Gasteiger partial charge in [0.05, 0.1) is 12.2 Å². The van der Waals surface area contributed by atoms with Crippen LogP contribution in [-0.4, -0.2) is 41.0 Å². The fourth-order valence-corrected chi connectivity index (χ4v) is 4.06. The molecule has 0 saturated carbocycles. The standard InChI is InChI=1S/C25H32F4N4O2Si/c1-16(2)14-35-22-11-17(3)20(13-30-22)18-7-8-19(21(26)12-18)23-31-24(25(27,28)29)32-33(23)15-34-9-10-36(4,5)6/h7-8,11-13,16H,9-10,14-15H2,1-6H3. The zero-order valence-electron chi connectivity index (χ0n) is 21.4. The third-order valence-electron chi connectivity index (χ3n) is 5.31. The van der Waals surface area contributed by atoms with Crippen molar-refractivity contribution in [2.45, 2.75) is 59.4 Å². The maximum atomic E-state index is 15.2. The highest BCUT2D eigenvalue weighted by molar-refractivity contribution is 6.76. The monoisotopic (exact) mass is 524 g/mol. The van der Waals surface area contributed by atoms with Gasteiger partial charge in [-0.3, -0.25) is 0 Å². The summed E-state index contributed by atoms with van der Waals surface area (Å²) in [7, 11) is -1.39. The van der Waals surface area contributed by atoms with E-state index in [1.54, 1.807) is 18.3 Å². The molecule has 2 aromatic heterocycles. The molecule has 0 unspecified atom stereocenters. The zero-order chi connectivity index (χ0) is 26.7. The van der Waals surface area contributed by atoms with Crippen LogP contribution in [0.5, 0.6) is 5.88 Å². The number of rotatable bonds is 10. The van der Waals surface area contributed by atoms with Crippen molar-refractivity contribution < 1.29 is 27.0 Å². The lowest BCUT2D eigenvalue weighted by Crippen LogP contribution is -2.22. The molecule has 2 heterocycles. The van der Waals surface area contributed by atoms with Crippen molar-refractivity contribution in [2.75, 3.05) is 13.2 Å². The lowest BCUT2D eigenvalue weighted by atomic mass is 10.0. The second-order valence-corrected chi connectivity index (χ2v) is 16.0. The molecule has 0 N–H and O–H groups in total. The molecule has 0 aliphatic rings. The number of aromatic nitrogens is 4. The number of aryl methyl sites for hydroxylation is 1. The van der Waals surface area contributed by atoms with Crippen LogP contribution in [0.2, 0.25) is 25.7 Å². The predicted octanol–water partition coefficient (Wildman–Crippen LogP) is 6.82. The largest absolute Gasteiger partial charge is 0.477 e. The van der Waals surface area contributed by atoms with Gasteiger partial charge < -0.3 is 9.47 Å². The van der Waals surface area contributed by atoms with E-state index < -0.39 is 25.9 Å². The Morgan fingerprint density at radius 2 is 1.81 bits per heavy atom. The van der Waals surface area contributed by atoms with Gasteiger partial charge >= 0.3 is 6.18 Å². The molecule has 0 radical (unpaired) electrons. The van der Waals surface area contributed by atoms with Crippen LogP contribution in [0.4, 0.5) is 17.6 Å². The van der Waals surface area contributed by atoms with Gasteiger partial charge in [-0.25, -0.2) is 19.0 Å². The lowest BCUT2D eigenvalue weighted by Gasteiger charge is -2.15. The first-order chi connectivity index (χ1) is 16.7. The first kappa shape index (κ1) is 27.8.